The molecule has 1 N–H and O–H groups in total. The Morgan fingerprint density at radius 2 is 2.27 bits per heavy atom. The van der Waals surface area contributed by atoms with Crippen LogP contribution in [0.1, 0.15) is 17.7 Å². The van der Waals surface area contributed by atoms with Gasteiger partial charge in [0.1, 0.15) is 17.8 Å². The molecule has 0 aliphatic heterocycles. The number of nitriles is 1. The van der Waals surface area contributed by atoms with E-state index < -0.39 is 34.0 Å². The molecule has 0 unspecified atom stereocenters. The number of hydrogen-bond donors (Lipinski definition) is 1. The zero-order chi connectivity index (χ0) is 11.6. The molecule has 1 rings (SSSR count). The van der Waals surface area contributed by atoms with E-state index in [9.17, 15) is 18.9 Å². The van der Waals surface area contributed by atoms with Crippen molar-refractivity contribution < 1.29 is 18.8 Å². The van der Waals surface area contributed by atoms with E-state index in [-0.39, 0.29) is 0 Å². The van der Waals surface area contributed by atoms with Gasteiger partial charge in [0.15, 0.2) is 11.4 Å². The monoisotopic (exact) mass is 215 g/mol. The molecule has 0 saturated carbocycles. The van der Waals surface area contributed by atoms with Crippen LogP contribution in [0.15, 0.2) is 6.20 Å². The summed E-state index contributed by atoms with van der Waals surface area (Å²) >= 11 is 0. The summed E-state index contributed by atoms with van der Waals surface area (Å²) in [6.45, 7) is 0. The van der Waals surface area contributed by atoms with Gasteiger partial charge in [-0.05, 0) is 0 Å². The highest BCUT2D eigenvalue weighted by molar-refractivity contribution is 5.53. The largest absolute Gasteiger partial charge is 0.504 e. The van der Waals surface area contributed by atoms with Gasteiger partial charge in [-0.1, -0.05) is 0 Å². The van der Waals surface area contributed by atoms with Gasteiger partial charge in [-0.3, -0.25) is 10.1 Å². The molecule has 0 amide bonds. The number of nitrogens with zero attached hydrogens (tertiary/aromatic N) is 3. The van der Waals surface area contributed by atoms with Gasteiger partial charge in [-0.2, -0.15) is 5.26 Å². The minimum Gasteiger partial charge on any atom is -0.504 e. The molecule has 0 fully saturated rings. The molecule has 8 heteroatoms. The molecule has 0 spiro atoms. The van der Waals surface area contributed by atoms with Crippen LogP contribution in [0.3, 0.4) is 0 Å². The van der Waals surface area contributed by atoms with Crippen LogP contribution >= 0.6 is 0 Å². The van der Waals surface area contributed by atoms with E-state index >= 15 is 0 Å². The maximum absolute atomic E-state index is 12.4. The molecule has 0 atom stereocenters. The fourth-order valence-corrected chi connectivity index (χ4v) is 0.948. The van der Waals surface area contributed by atoms with Crippen molar-refractivity contribution in [3.05, 3.63) is 27.6 Å². The zero-order valence-corrected chi connectivity index (χ0v) is 7.02. The van der Waals surface area contributed by atoms with E-state index in [4.69, 9.17) is 10.4 Å². The second-order valence-electron chi connectivity index (χ2n) is 2.42. The van der Waals surface area contributed by atoms with Crippen molar-refractivity contribution in [3.63, 3.8) is 0 Å². The minimum atomic E-state index is -3.25. The Kier molecular flexibility index (Phi) is 2.75. The lowest BCUT2D eigenvalue weighted by Crippen LogP contribution is -1.99. The summed E-state index contributed by atoms with van der Waals surface area (Å²) in [5.74, 6) is -1.15. The third-order valence-corrected chi connectivity index (χ3v) is 1.59. The van der Waals surface area contributed by atoms with Crippen molar-refractivity contribution in [2.45, 2.75) is 6.43 Å². The molecular formula is C7H3F2N3O3. The average molecular weight is 215 g/mol. The molecule has 78 valence electrons. The van der Waals surface area contributed by atoms with Crippen LogP contribution in [-0.2, 0) is 0 Å². The number of nitro groups is 1. The quantitative estimate of drug-likeness (QED) is 0.595. The number of aromatic nitrogens is 1. The Bertz CT molecular complexity index is 456. The molecule has 1 aromatic heterocycles. The molecule has 0 aromatic carbocycles. The summed E-state index contributed by atoms with van der Waals surface area (Å²) in [4.78, 5) is 12.4. The van der Waals surface area contributed by atoms with Crippen LogP contribution in [0.4, 0.5) is 14.5 Å². The lowest BCUT2D eigenvalue weighted by Gasteiger charge is -2.04. The second kappa shape index (κ2) is 3.83. The summed E-state index contributed by atoms with van der Waals surface area (Å²) in [6.07, 6.45) is -2.74. The molecule has 15 heavy (non-hydrogen) atoms. The summed E-state index contributed by atoms with van der Waals surface area (Å²) in [5.41, 5.74) is -2.87. The lowest BCUT2D eigenvalue weighted by molar-refractivity contribution is -0.386. The molecule has 1 aromatic rings. The van der Waals surface area contributed by atoms with Crippen LogP contribution in [-0.4, -0.2) is 15.0 Å². The highest BCUT2D eigenvalue weighted by Crippen LogP contribution is 2.36. The highest BCUT2D eigenvalue weighted by atomic mass is 19.3. The fraction of sp³-hybridized carbons (Fsp3) is 0.143. The van der Waals surface area contributed by atoms with Crippen LogP contribution in [0.2, 0.25) is 0 Å². The summed E-state index contributed by atoms with van der Waals surface area (Å²) in [5, 5.41) is 27.8. The lowest BCUT2D eigenvalue weighted by atomic mass is 10.2. The third-order valence-electron chi connectivity index (χ3n) is 1.59. The Balaban J connectivity index is 3.53. The van der Waals surface area contributed by atoms with Gasteiger partial charge < -0.3 is 5.11 Å². The Morgan fingerprint density at radius 3 is 2.67 bits per heavy atom. The fourth-order valence-electron chi connectivity index (χ4n) is 0.948. The van der Waals surface area contributed by atoms with E-state index in [2.05, 4.69) is 4.98 Å². The normalized spacial score (nSPS) is 10.0. The first-order valence-corrected chi connectivity index (χ1v) is 3.53. The molecule has 0 radical (unpaired) electrons. The molecule has 6 nitrogen and oxygen atoms in total. The van der Waals surface area contributed by atoms with E-state index in [0.717, 1.165) is 0 Å². The van der Waals surface area contributed by atoms with Gasteiger partial charge in [0.2, 0.25) is 0 Å². The van der Waals surface area contributed by atoms with Gasteiger partial charge in [0.25, 0.3) is 12.1 Å². The van der Waals surface area contributed by atoms with Crippen LogP contribution in [0.5, 0.6) is 5.75 Å². The van der Waals surface area contributed by atoms with Crippen molar-refractivity contribution in [2.24, 2.45) is 0 Å². The standard InChI is InChI=1S/C7H3F2N3O3/c8-7(9)5-4(12(14)15)2-11-3(1-10)6(5)13/h2,7,13H. The van der Waals surface area contributed by atoms with E-state index in [1.54, 1.807) is 0 Å². The smallest absolute Gasteiger partial charge is 0.300 e. The van der Waals surface area contributed by atoms with Crippen molar-refractivity contribution in [3.8, 4) is 11.8 Å². The van der Waals surface area contributed by atoms with E-state index in [1.807, 2.05) is 0 Å². The highest BCUT2D eigenvalue weighted by Gasteiger charge is 2.28. The molecular weight excluding hydrogens is 212 g/mol. The summed E-state index contributed by atoms with van der Waals surface area (Å²) in [6, 6.07) is 1.34. The first-order chi connectivity index (χ1) is 6.99. The van der Waals surface area contributed by atoms with Crippen LogP contribution < -0.4 is 0 Å². The average Bonchev–Trinajstić information content (AvgIpc) is 2.16. The molecule has 0 aliphatic rings. The molecule has 0 aliphatic carbocycles. The topological polar surface area (TPSA) is 100 Å². The Morgan fingerprint density at radius 1 is 1.67 bits per heavy atom. The van der Waals surface area contributed by atoms with Crippen molar-refractivity contribution in [1.82, 2.24) is 4.98 Å². The van der Waals surface area contributed by atoms with Crippen molar-refractivity contribution >= 4 is 5.69 Å². The first-order valence-electron chi connectivity index (χ1n) is 3.53. The van der Waals surface area contributed by atoms with Crippen LogP contribution in [0, 0.1) is 21.4 Å². The number of alkyl halides is 2. The maximum Gasteiger partial charge on any atom is 0.300 e. The number of pyridine rings is 1. The van der Waals surface area contributed by atoms with E-state index in [1.165, 1.54) is 6.07 Å². The van der Waals surface area contributed by atoms with Crippen LogP contribution in [0.25, 0.3) is 0 Å². The number of aromatic hydroxyl groups is 1. The molecule has 0 saturated heterocycles. The van der Waals surface area contributed by atoms with Crippen molar-refractivity contribution in [2.75, 3.05) is 0 Å². The predicted octanol–water partition coefficient (Wildman–Crippen LogP) is 1.50. The molecule has 1 heterocycles. The number of rotatable bonds is 2. The maximum atomic E-state index is 12.4. The first kappa shape index (κ1) is 10.8. The summed E-state index contributed by atoms with van der Waals surface area (Å²) in [7, 11) is 0. The third kappa shape index (κ3) is 1.80. The Hall–Kier alpha value is -2.30. The predicted molar refractivity (Wildman–Crippen MR) is 42.2 cm³/mol. The number of halogens is 2. The number of hydrogen-bond acceptors (Lipinski definition) is 5. The van der Waals surface area contributed by atoms with Gasteiger partial charge in [-0.15, -0.1) is 0 Å². The van der Waals surface area contributed by atoms with Gasteiger partial charge >= 0.3 is 0 Å². The van der Waals surface area contributed by atoms with Crippen molar-refractivity contribution in [1.29, 1.82) is 5.26 Å². The Labute approximate surface area is 81.6 Å². The zero-order valence-electron chi connectivity index (χ0n) is 7.02. The van der Waals surface area contributed by atoms with Gasteiger partial charge in [0.05, 0.1) is 4.92 Å². The second-order valence-corrected chi connectivity index (χ2v) is 2.42. The van der Waals surface area contributed by atoms with Gasteiger partial charge in [0, 0.05) is 0 Å². The molecule has 0 bridgehead atoms. The minimum absolute atomic E-state index is 0.514. The summed E-state index contributed by atoms with van der Waals surface area (Å²) < 4.78 is 24.7. The SMILES string of the molecule is N#Cc1ncc([N+](=O)[O-])c(C(F)F)c1O. The van der Waals surface area contributed by atoms with Gasteiger partial charge in [-0.25, -0.2) is 13.8 Å². The van der Waals surface area contributed by atoms with E-state index in [0.29, 0.717) is 6.20 Å².